The molecule has 14 heavy (non-hydrogen) atoms. The number of esters is 1. The average Bonchev–Trinajstić information content (AvgIpc) is 3.00. The normalized spacial score (nSPS) is 20.6. The maximum Gasteiger partial charge on any atom is 0.323 e. The Balaban J connectivity index is 2.61. The molecule has 0 amide bonds. The monoisotopic (exact) mass is 201 g/mol. The van der Waals surface area contributed by atoms with E-state index in [9.17, 15) is 4.79 Å². The molecule has 1 rings (SSSR count). The van der Waals surface area contributed by atoms with Gasteiger partial charge in [0.15, 0.2) is 0 Å². The minimum absolute atomic E-state index is 0.000278. The molecule has 1 N–H and O–H groups in total. The Kier molecular flexibility index (Phi) is 3.89. The third-order valence-corrected chi connectivity index (χ3v) is 2.91. The van der Waals surface area contributed by atoms with Crippen LogP contribution in [0.4, 0.5) is 0 Å². The molecule has 0 aliphatic heterocycles. The van der Waals surface area contributed by atoms with Crippen molar-refractivity contribution in [2.45, 2.75) is 31.8 Å². The van der Waals surface area contributed by atoms with Crippen molar-refractivity contribution in [2.24, 2.45) is 5.92 Å². The van der Waals surface area contributed by atoms with Crippen LogP contribution in [0.25, 0.3) is 0 Å². The summed E-state index contributed by atoms with van der Waals surface area (Å²) in [6.45, 7) is 1.97. The number of likely N-dealkylation sites (N-methyl/N-ethyl adjacent to an activating group) is 1. The van der Waals surface area contributed by atoms with E-state index in [1.54, 1.807) is 0 Å². The highest BCUT2D eigenvalue weighted by Gasteiger charge is 2.40. The Morgan fingerprint density at radius 2 is 2.21 bits per heavy atom. The molecule has 2 atom stereocenters. The van der Waals surface area contributed by atoms with Crippen LogP contribution >= 0.6 is 0 Å². The molecule has 2 unspecified atom stereocenters. The van der Waals surface area contributed by atoms with Crippen LogP contribution in [-0.4, -0.2) is 48.8 Å². The van der Waals surface area contributed by atoms with Gasteiger partial charge in [-0.25, -0.2) is 0 Å². The lowest BCUT2D eigenvalue weighted by Gasteiger charge is -2.30. The number of rotatable bonds is 5. The Morgan fingerprint density at radius 3 is 2.57 bits per heavy atom. The molecule has 4 heteroatoms. The largest absolute Gasteiger partial charge is 0.468 e. The molecule has 0 heterocycles. The lowest BCUT2D eigenvalue weighted by Crippen LogP contribution is -2.46. The summed E-state index contributed by atoms with van der Waals surface area (Å²) in [4.78, 5) is 13.4. The summed E-state index contributed by atoms with van der Waals surface area (Å²) >= 11 is 0. The van der Waals surface area contributed by atoms with Crippen LogP contribution in [0.2, 0.25) is 0 Å². The standard InChI is InChI=1S/C10H19NO3/c1-7(6-12)11(2)9(8-4-5-8)10(13)14-3/h7-9,12H,4-6H2,1-3H3. The number of aliphatic hydroxyl groups excluding tert-OH is 1. The molecule has 1 saturated carbocycles. The van der Waals surface area contributed by atoms with Gasteiger partial charge >= 0.3 is 5.97 Å². The van der Waals surface area contributed by atoms with E-state index in [0.29, 0.717) is 5.92 Å². The smallest absolute Gasteiger partial charge is 0.323 e. The van der Waals surface area contributed by atoms with E-state index >= 15 is 0 Å². The number of nitrogens with zero attached hydrogens (tertiary/aromatic N) is 1. The molecule has 0 aromatic rings. The molecule has 0 saturated heterocycles. The fourth-order valence-electron chi connectivity index (χ4n) is 1.63. The highest BCUT2D eigenvalue weighted by atomic mass is 16.5. The van der Waals surface area contributed by atoms with Crippen molar-refractivity contribution < 1.29 is 14.6 Å². The highest BCUT2D eigenvalue weighted by molar-refractivity contribution is 5.76. The van der Waals surface area contributed by atoms with Gasteiger partial charge in [0.05, 0.1) is 13.7 Å². The van der Waals surface area contributed by atoms with Crippen molar-refractivity contribution in [1.29, 1.82) is 0 Å². The Morgan fingerprint density at radius 1 is 1.64 bits per heavy atom. The summed E-state index contributed by atoms with van der Waals surface area (Å²) in [6.07, 6.45) is 2.17. The van der Waals surface area contributed by atoms with Gasteiger partial charge in [-0.15, -0.1) is 0 Å². The minimum atomic E-state index is -0.185. The second-order valence-corrected chi connectivity index (χ2v) is 4.00. The van der Waals surface area contributed by atoms with Crippen molar-refractivity contribution in [2.75, 3.05) is 20.8 Å². The van der Waals surface area contributed by atoms with Crippen LogP contribution in [0.15, 0.2) is 0 Å². The summed E-state index contributed by atoms with van der Waals surface area (Å²) in [5.74, 6) is 0.233. The summed E-state index contributed by atoms with van der Waals surface area (Å²) in [5, 5.41) is 9.02. The second kappa shape index (κ2) is 4.75. The number of ether oxygens (including phenoxy) is 1. The number of hydrogen-bond acceptors (Lipinski definition) is 4. The van der Waals surface area contributed by atoms with E-state index < -0.39 is 0 Å². The summed E-state index contributed by atoms with van der Waals surface area (Å²) in [7, 11) is 3.27. The van der Waals surface area contributed by atoms with Crippen molar-refractivity contribution in [3.05, 3.63) is 0 Å². The topological polar surface area (TPSA) is 49.8 Å². The van der Waals surface area contributed by atoms with Gasteiger partial charge in [0.25, 0.3) is 0 Å². The maximum absolute atomic E-state index is 11.5. The number of aliphatic hydroxyl groups is 1. The zero-order valence-electron chi connectivity index (χ0n) is 9.06. The van der Waals surface area contributed by atoms with Crippen LogP contribution in [0.1, 0.15) is 19.8 Å². The zero-order chi connectivity index (χ0) is 10.7. The Bertz CT molecular complexity index is 204. The first-order chi connectivity index (χ1) is 6.61. The number of carbonyl (C=O) groups is 1. The van der Waals surface area contributed by atoms with Crippen molar-refractivity contribution in [1.82, 2.24) is 4.90 Å². The first-order valence-corrected chi connectivity index (χ1v) is 5.02. The van der Waals surface area contributed by atoms with Crippen molar-refractivity contribution in [3.63, 3.8) is 0 Å². The van der Waals surface area contributed by atoms with E-state index in [-0.39, 0.29) is 24.7 Å². The lowest BCUT2D eigenvalue weighted by atomic mass is 10.1. The number of hydrogen-bond donors (Lipinski definition) is 1. The van der Waals surface area contributed by atoms with Gasteiger partial charge < -0.3 is 9.84 Å². The van der Waals surface area contributed by atoms with Crippen LogP contribution < -0.4 is 0 Å². The molecule has 0 radical (unpaired) electrons. The molecule has 82 valence electrons. The minimum Gasteiger partial charge on any atom is -0.468 e. The molecule has 0 spiro atoms. The molecule has 4 nitrogen and oxygen atoms in total. The molecule has 1 aliphatic rings. The summed E-state index contributed by atoms with van der Waals surface area (Å²) in [5.41, 5.74) is 0. The molecule has 0 aromatic carbocycles. The molecule has 1 aliphatic carbocycles. The summed E-state index contributed by atoms with van der Waals surface area (Å²) < 4.78 is 4.77. The molecular weight excluding hydrogens is 182 g/mol. The third-order valence-electron chi connectivity index (χ3n) is 2.91. The van der Waals surface area contributed by atoms with E-state index in [4.69, 9.17) is 9.84 Å². The van der Waals surface area contributed by atoms with Gasteiger partial charge in [-0.2, -0.15) is 0 Å². The van der Waals surface area contributed by atoms with Crippen LogP contribution in [-0.2, 0) is 9.53 Å². The van der Waals surface area contributed by atoms with E-state index in [1.807, 2.05) is 18.9 Å². The van der Waals surface area contributed by atoms with Gasteiger partial charge in [0, 0.05) is 6.04 Å². The Labute approximate surface area is 84.8 Å². The molecule has 0 bridgehead atoms. The molecule has 0 aromatic heterocycles. The highest BCUT2D eigenvalue weighted by Crippen LogP contribution is 2.36. The number of methoxy groups -OCH3 is 1. The quantitative estimate of drug-likeness (QED) is 0.648. The first-order valence-electron chi connectivity index (χ1n) is 5.02. The maximum atomic E-state index is 11.5. The molecular formula is C10H19NO3. The lowest BCUT2D eigenvalue weighted by molar-refractivity contribution is -0.148. The van der Waals surface area contributed by atoms with E-state index in [2.05, 4.69) is 0 Å². The van der Waals surface area contributed by atoms with Gasteiger partial charge in [0.1, 0.15) is 6.04 Å². The predicted molar refractivity (Wildman–Crippen MR) is 52.8 cm³/mol. The van der Waals surface area contributed by atoms with E-state index in [0.717, 1.165) is 12.8 Å². The van der Waals surface area contributed by atoms with Crippen LogP contribution in [0.3, 0.4) is 0 Å². The van der Waals surface area contributed by atoms with Crippen LogP contribution in [0.5, 0.6) is 0 Å². The third kappa shape index (κ3) is 2.45. The van der Waals surface area contributed by atoms with Gasteiger partial charge in [-0.1, -0.05) is 0 Å². The average molecular weight is 201 g/mol. The number of carbonyl (C=O) groups excluding carboxylic acids is 1. The van der Waals surface area contributed by atoms with Crippen LogP contribution in [0, 0.1) is 5.92 Å². The zero-order valence-corrected chi connectivity index (χ0v) is 9.06. The first kappa shape index (κ1) is 11.5. The van der Waals surface area contributed by atoms with Gasteiger partial charge in [-0.05, 0) is 32.7 Å². The predicted octanol–water partition coefficient (Wildman–Crippen LogP) is 0.251. The van der Waals surface area contributed by atoms with Crippen molar-refractivity contribution >= 4 is 5.97 Å². The fourth-order valence-corrected chi connectivity index (χ4v) is 1.63. The van der Waals surface area contributed by atoms with Gasteiger partial charge in [-0.3, -0.25) is 9.69 Å². The van der Waals surface area contributed by atoms with Crippen molar-refractivity contribution in [3.8, 4) is 0 Å². The second-order valence-electron chi connectivity index (χ2n) is 4.00. The van der Waals surface area contributed by atoms with Gasteiger partial charge in [0.2, 0.25) is 0 Å². The molecule has 1 fully saturated rings. The fraction of sp³-hybridized carbons (Fsp3) is 0.900. The summed E-state index contributed by atoms with van der Waals surface area (Å²) in [6, 6.07) is -0.179. The Hall–Kier alpha value is -0.610. The van der Waals surface area contributed by atoms with E-state index in [1.165, 1.54) is 7.11 Å². The SMILES string of the molecule is COC(=O)C(C1CC1)N(C)C(C)CO.